The van der Waals surface area contributed by atoms with Gasteiger partial charge in [-0.2, -0.15) is 0 Å². The molecule has 3 rings (SSSR count). The van der Waals surface area contributed by atoms with E-state index in [1.165, 1.54) is 0 Å². The molecular formula is C15H24N4O3S. The van der Waals surface area contributed by atoms with Crippen molar-refractivity contribution in [1.29, 1.82) is 0 Å². The Kier molecular flexibility index (Phi) is 4.84. The zero-order valence-electron chi connectivity index (χ0n) is 13.5. The minimum absolute atomic E-state index is 0.151. The van der Waals surface area contributed by atoms with Gasteiger partial charge < -0.3 is 9.64 Å². The Morgan fingerprint density at radius 3 is 2.91 bits per heavy atom. The molecule has 2 aliphatic rings. The standard InChI is InChI=1S/C15H24N4O3S/c1-2-23(20,21)19-7-3-4-15(12-19)11-18(8-9-22-13-15)14-10-16-5-6-17-14/h5-6,10H,2-4,7-9,11-13H2,1H3. The Morgan fingerprint density at radius 1 is 1.30 bits per heavy atom. The number of rotatable bonds is 3. The Bertz CT molecular complexity index is 625. The van der Waals surface area contributed by atoms with Crippen molar-refractivity contribution < 1.29 is 13.2 Å². The van der Waals surface area contributed by atoms with E-state index in [2.05, 4.69) is 14.9 Å². The van der Waals surface area contributed by atoms with Crippen LogP contribution in [0, 0.1) is 5.41 Å². The van der Waals surface area contributed by atoms with Crippen molar-refractivity contribution in [1.82, 2.24) is 14.3 Å². The predicted octanol–water partition coefficient (Wildman–Crippen LogP) is 0.745. The summed E-state index contributed by atoms with van der Waals surface area (Å²) < 4.78 is 32.0. The Hall–Kier alpha value is -1.25. The minimum Gasteiger partial charge on any atom is -0.379 e. The molecule has 2 saturated heterocycles. The van der Waals surface area contributed by atoms with Gasteiger partial charge in [-0.3, -0.25) is 4.98 Å². The van der Waals surface area contributed by atoms with E-state index in [1.807, 2.05) is 0 Å². The number of aromatic nitrogens is 2. The van der Waals surface area contributed by atoms with Gasteiger partial charge in [0.1, 0.15) is 5.82 Å². The van der Waals surface area contributed by atoms with E-state index in [0.717, 1.165) is 31.7 Å². The fourth-order valence-corrected chi connectivity index (χ4v) is 4.72. The van der Waals surface area contributed by atoms with Crippen LogP contribution in [0.2, 0.25) is 0 Å². The summed E-state index contributed by atoms with van der Waals surface area (Å²) in [6, 6.07) is 0. The van der Waals surface area contributed by atoms with Crippen molar-refractivity contribution >= 4 is 15.8 Å². The number of piperidine rings is 1. The summed E-state index contributed by atoms with van der Waals surface area (Å²) in [6.45, 7) is 5.57. The number of nitrogens with zero attached hydrogens (tertiary/aromatic N) is 4. The first-order valence-corrected chi connectivity index (χ1v) is 9.72. The molecule has 7 nitrogen and oxygen atoms in total. The average molecular weight is 340 g/mol. The Labute approximate surface area is 137 Å². The lowest BCUT2D eigenvalue weighted by Crippen LogP contribution is -2.52. The summed E-state index contributed by atoms with van der Waals surface area (Å²) in [5, 5.41) is 0. The second-order valence-corrected chi connectivity index (χ2v) is 8.63. The van der Waals surface area contributed by atoms with Crippen LogP contribution in [0.25, 0.3) is 0 Å². The molecule has 128 valence electrons. The lowest BCUT2D eigenvalue weighted by molar-refractivity contribution is 0.0350. The van der Waals surface area contributed by atoms with Gasteiger partial charge in [-0.1, -0.05) is 0 Å². The highest BCUT2D eigenvalue weighted by Gasteiger charge is 2.42. The van der Waals surface area contributed by atoms with E-state index < -0.39 is 10.0 Å². The third-order valence-corrected chi connectivity index (χ3v) is 6.53. The molecule has 2 aliphatic heterocycles. The van der Waals surface area contributed by atoms with Gasteiger partial charge in [0, 0.05) is 44.0 Å². The first-order chi connectivity index (χ1) is 11.0. The van der Waals surface area contributed by atoms with E-state index in [0.29, 0.717) is 26.3 Å². The van der Waals surface area contributed by atoms with E-state index in [4.69, 9.17) is 4.74 Å². The molecular weight excluding hydrogens is 316 g/mol. The maximum absolute atomic E-state index is 12.3. The summed E-state index contributed by atoms with van der Waals surface area (Å²) in [6.07, 6.45) is 6.94. The molecule has 23 heavy (non-hydrogen) atoms. The fourth-order valence-electron chi connectivity index (χ4n) is 3.47. The van der Waals surface area contributed by atoms with Gasteiger partial charge in [0.2, 0.25) is 10.0 Å². The van der Waals surface area contributed by atoms with Crippen LogP contribution >= 0.6 is 0 Å². The summed E-state index contributed by atoms with van der Waals surface area (Å²) >= 11 is 0. The lowest BCUT2D eigenvalue weighted by Gasteiger charge is -2.43. The predicted molar refractivity (Wildman–Crippen MR) is 87.8 cm³/mol. The molecule has 1 aromatic heterocycles. The molecule has 0 N–H and O–H groups in total. The average Bonchev–Trinajstić information content (AvgIpc) is 2.78. The highest BCUT2D eigenvalue weighted by Crippen LogP contribution is 2.35. The van der Waals surface area contributed by atoms with E-state index >= 15 is 0 Å². The highest BCUT2D eigenvalue weighted by atomic mass is 32.2. The third-order valence-electron chi connectivity index (χ3n) is 4.70. The van der Waals surface area contributed by atoms with Gasteiger partial charge >= 0.3 is 0 Å². The number of sulfonamides is 1. The smallest absolute Gasteiger partial charge is 0.213 e. The molecule has 0 aliphatic carbocycles. The maximum atomic E-state index is 12.3. The highest BCUT2D eigenvalue weighted by molar-refractivity contribution is 7.89. The van der Waals surface area contributed by atoms with Gasteiger partial charge in [0.05, 0.1) is 25.2 Å². The SMILES string of the molecule is CCS(=O)(=O)N1CCCC2(COCCN(c3cnccn3)C2)C1. The molecule has 0 bridgehead atoms. The molecule has 8 heteroatoms. The summed E-state index contributed by atoms with van der Waals surface area (Å²) in [7, 11) is -3.16. The molecule has 0 amide bonds. The van der Waals surface area contributed by atoms with E-state index in [1.54, 1.807) is 29.8 Å². The van der Waals surface area contributed by atoms with Crippen LogP contribution in [-0.2, 0) is 14.8 Å². The zero-order valence-corrected chi connectivity index (χ0v) is 14.3. The van der Waals surface area contributed by atoms with Crippen molar-refractivity contribution in [3.05, 3.63) is 18.6 Å². The van der Waals surface area contributed by atoms with Crippen LogP contribution in [0.4, 0.5) is 5.82 Å². The molecule has 1 aromatic rings. The van der Waals surface area contributed by atoms with Crippen LogP contribution in [-0.4, -0.2) is 67.8 Å². The van der Waals surface area contributed by atoms with Crippen LogP contribution in [0.1, 0.15) is 19.8 Å². The van der Waals surface area contributed by atoms with Gasteiger partial charge in [0.25, 0.3) is 0 Å². The van der Waals surface area contributed by atoms with Crippen molar-refractivity contribution in [3.63, 3.8) is 0 Å². The maximum Gasteiger partial charge on any atom is 0.213 e. The Balaban J connectivity index is 1.82. The molecule has 1 spiro atoms. The lowest BCUT2D eigenvalue weighted by atomic mass is 9.81. The first kappa shape index (κ1) is 16.6. The van der Waals surface area contributed by atoms with Crippen molar-refractivity contribution in [2.45, 2.75) is 19.8 Å². The molecule has 1 atom stereocenters. The number of hydrogen-bond acceptors (Lipinski definition) is 6. The van der Waals surface area contributed by atoms with Crippen molar-refractivity contribution in [3.8, 4) is 0 Å². The van der Waals surface area contributed by atoms with Gasteiger partial charge in [-0.15, -0.1) is 0 Å². The number of ether oxygens (including phenoxy) is 1. The van der Waals surface area contributed by atoms with Gasteiger partial charge in [0.15, 0.2) is 0 Å². The van der Waals surface area contributed by atoms with Gasteiger partial charge in [-0.25, -0.2) is 17.7 Å². The second kappa shape index (κ2) is 6.70. The topological polar surface area (TPSA) is 75.6 Å². The van der Waals surface area contributed by atoms with Crippen LogP contribution in [0.5, 0.6) is 0 Å². The summed E-state index contributed by atoms with van der Waals surface area (Å²) in [5.74, 6) is 0.977. The van der Waals surface area contributed by atoms with E-state index in [9.17, 15) is 8.42 Å². The van der Waals surface area contributed by atoms with E-state index in [-0.39, 0.29) is 11.2 Å². The van der Waals surface area contributed by atoms with Crippen LogP contribution in [0.15, 0.2) is 18.6 Å². The Morgan fingerprint density at radius 2 is 2.17 bits per heavy atom. The van der Waals surface area contributed by atoms with Crippen molar-refractivity contribution in [2.24, 2.45) is 5.41 Å². The number of anilines is 1. The van der Waals surface area contributed by atoms with Crippen LogP contribution < -0.4 is 4.90 Å². The molecule has 0 aromatic carbocycles. The quantitative estimate of drug-likeness (QED) is 0.808. The van der Waals surface area contributed by atoms with Crippen LogP contribution in [0.3, 0.4) is 0 Å². The summed E-state index contributed by atoms with van der Waals surface area (Å²) in [5.41, 5.74) is -0.172. The molecule has 0 radical (unpaired) electrons. The van der Waals surface area contributed by atoms with Crippen molar-refractivity contribution in [2.75, 3.05) is 50.0 Å². The minimum atomic E-state index is -3.16. The molecule has 0 saturated carbocycles. The number of hydrogen-bond donors (Lipinski definition) is 0. The largest absolute Gasteiger partial charge is 0.379 e. The zero-order chi connectivity index (χ0) is 16.3. The summed E-state index contributed by atoms with van der Waals surface area (Å²) in [4.78, 5) is 10.7. The third kappa shape index (κ3) is 3.64. The molecule has 1 unspecified atom stereocenters. The van der Waals surface area contributed by atoms with Gasteiger partial charge in [-0.05, 0) is 19.8 Å². The fraction of sp³-hybridized carbons (Fsp3) is 0.733. The normalized spacial score (nSPS) is 27.1. The molecule has 3 heterocycles. The second-order valence-electron chi connectivity index (χ2n) is 6.38. The monoisotopic (exact) mass is 340 g/mol. The molecule has 2 fully saturated rings. The first-order valence-electron chi connectivity index (χ1n) is 8.11.